The Morgan fingerprint density at radius 2 is 1.88 bits per heavy atom. The van der Waals surface area contributed by atoms with Gasteiger partial charge in [0.2, 0.25) is 5.91 Å². The number of anilines is 1. The highest BCUT2D eigenvalue weighted by atomic mass is 19.4. The summed E-state index contributed by atoms with van der Waals surface area (Å²) in [5, 5.41) is 2.92. The lowest BCUT2D eigenvalue weighted by atomic mass is 9.96. The summed E-state index contributed by atoms with van der Waals surface area (Å²) in [4.78, 5) is 18.7. The smallest absolute Gasteiger partial charge is 0.356 e. The Balaban J connectivity index is 1.49. The van der Waals surface area contributed by atoms with Gasteiger partial charge in [0.05, 0.1) is 5.92 Å². The van der Waals surface area contributed by atoms with Gasteiger partial charge in [-0.25, -0.2) is 4.98 Å². The van der Waals surface area contributed by atoms with E-state index in [2.05, 4.69) is 29.4 Å². The van der Waals surface area contributed by atoms with Crippen molar-refractivity contribution in [3.8, 4) is 0 Å². The lowest BCUT2D eigenvalue weighted by molar-refractivity contribution is -0.141. The fourth-order valence-corrected chi connectivity index (χ4v) is 4.62. The van der Waals surface area contributed by atoms with Gasteiger partial charge in [-0.15, -0.1) is 0 Å². The zero-order chi connectivity index (χ0) is 22.9. The Hall–Kier alpha value is -2.57. The number of nitrogens with one attached hydrogen (secondary N) is 1. The topological polar surface area (TPSA) is 45.2 Å². The van der Waals surface area contributed by atoms with Gasteiger partial charge in [0, 0.05) is 25.2 Å². The van der Waals surface area contributed by atoms with Crippen molar-refractivity contribution >= 4 is 11.7 Å². The molecule has 172 valence electrons. The van der Waals surface area contributed by atoms with Crippen LogP contribution in [0.2, 0.25) is 0 Å². The molecule has 2 aliphatic rings. The Labute approximate surface area is 187 Å². The number of aryl methyl sites for hydroxylation is 2. The molecular formula is C25H30F3N3O. The summed E-state index contributed by atoms with van der Waals surface area (Å²) in [5.41, 5.74) is 3.36. The third-order valence-electron chi connectivity index (χ3n) is 6.80. The van der Waals surface area contributed by atoms with E-state index in [0.29, 0.717) is 30.4 Å². The van der Waals surface area contributed by atoms with Gasteiger partial charge in [-0.1, -0.05) is 31.2 Å². The Morgan fingerprint density at radius 1 is 1.16 bits per heavy atom. The van der Waals surface area contributed by atoms with Crippen LogP contribution in [0.1, 0.15) is 67.0 Å². The second-order valence-corrected chi connectivity index (χ2v) is 9.17. The molecule has 1 aromatic heterocycles. The van der Waals surface area contributed by atoms with Crippen LogP contribution in [-0.2, 0) is 30.4 Å². The summed E-state index contributed by atoms with van der Waals surface area (Å²) in [6.07, 6.45) is 0.625. The first-order valence-electron chi connectivity index (χ1n) is 11.4. The van der Waals surface area contributed by atoms with Crippen molar-refractivity contribution in [2.45, 2.75) is 64.6 Å². The van der Waals surface area contributed by atoms with Gasteiger partial charge in [0.15, 0.2) is 0 Å². The number of carbonyl (C=O) groups is 1. The molecule has 2 aromatic rings. The average molecular weight is 446 g/mol. The molecule has 1 N–H and O–H groups in total. The number of fused-ring (bicyclic) bond motifs is 1. The molecule has 1 saturated heterocycles. The van der Waals surface area contributed by atoms with E-state index in [1.54, 1.807) is 0 Å². The highest BCUT2D eigenvalue weighted by molar-refractivity contribution is 5.83. The highest BCUT2D eigenvalue weighted by Crippen LogP contribution is 2.32. The molecule has 1 unspecified atom stereocenters. The molecule has 2 heterocycles. The highest BCUT2D eigenvalue weighted by Gasteiger charge is 2.34. The number of benzene rings is 1. The number of piperidine rings is 1. The average Bonchev–Trinajstić information content (AvgIpc) is 3.24. The van der Waals surface area contributed by atoms with Crippen molar-refractivity contribution in [3.63, 3.8) is 0 Å². The van der Waals surface area contributed by atoms with Crippen LogP contribution in [0.5, 0.6) is 0 Å². The largest absolute Gasteiger partial charge is 0.433 e. The summed E-state index contributed by atoms with van der Waals surface area (Å²) in [7, 11) is 0. The minimum absolute atomic E-state index is 0.138. The van der Waals surface area contributed by atoms with E-state index >= 15 is 0 Å². The van der Waals surface area contributed by atoms with E-state index in [-0.39, 0.29) is 18.4 Å². The first kappa shape index (κ1) is 22.6. The number of rotatable bonds is 5. The van der Waals surface area contributed by atoms with Gasteiger partial charge in [-0.3, -0.25) is 4.79 Å². The SMILES string of the molecule is CC1CCN(c2nc(C(F)(F)F)ccc2CNC(=O)C(C)c2ccc3c(c2)CCC3)CC1. The molecule has 1 atom stereocenters. The van der Waals surface area contributed by atoms with Crippen molar-refractivity contribution in [2.75, 3.05) is 18.0 Å². The fourth-order valence-electron chi connectivity index (χ4n) is 4.62. The molecule has 1 aliphatic carbocycles. The molecule has 7 heteroatoms. The Morgan fingerprint density at radius 3 is 2.59 bits per heavy atom. The van der Waals surface area contributed by atoms with Crippen molar-refractivity contribution in [2.24, 2.45) is 5.92 Å². The van der Waals surface area contributed by atoms with Crippen LogP contribution in [0.4, 0.5) is 19.0 Å². The van der Waals surface area contributed by atoms with Crippen LogP contribution in [0.15, 0.2) is 30.3 Å². The number of nitrogens with zero attached hydrogens (tertiary/aromatic N) is 2. The van der Waals surface area contributed by atoms with Gasteiger partial charge in [0.25, 0.3) is 0 Å². The number of aromatic nitrogens is 1. The maximum atomic E-state index is 13.3. The van der Waals surface area contributed by atoms with Gasteiger partial charge in [-0.05, 0) is 67.7 Å². The molecule has 0 saturated carbocycles. The number of pyridine rings is 1. The molecule has 0 spiro atoms. The normalized spacial score (nSPS) is 17.8. The maximum Gasteiger partial charge on any atom is 0.433 e. The summed E-state index contributed by atoms with van der Waals surface area (Å²) in [6, 6.07) is 8.68. The molecule has 0 bridgehead atoms. The van der Waals surface area contributed by atoms with E-state index in [9.17, 15) is 18.0 Å². The third-order valence-corrected chi connectivity index (χ3v) is 6.80. The van der Waals surface area contributed by atoms with E-state index in [1.807, 2.05) is 17.9 Å². The van der Waals surface area contributed by atoms with Crippen LogP contribution < -0.4 is 10.2 Å². The Bertz CT molecular complexity index is 981. The van der Waals surface area contributed by atoms with E-state index < -0.39 is 11.9 Å². The number of carbonyl (C=O) groups excluding carboxylic acids is 1. The molecule has 1 aromatic carbocycles. The zero-order valence-corrected chi connectivity index (χ0v) is 18.6. The fraction of sp³-hybridized carbons (Fsp3) is 0.520. The molecule has 1 aliphatic heterocycles. The van der Waals surface area contributed by atoms with Crippen LogP contribution in [0.3, 0.4) is 0 Å². The van der Waals surface area contributed by atoms with E-state index in [4.69, 9.17) is 0 Å². The predicted octanol–water partition coefficient (Wildman–Crippen LogP) is 5.25. The lowest BCUT2D eigenvalue weighted by Crippen LogP contribution is -2.35. The van der Waals surface area contributed by atoms with Crippen LogP contribution in [0.25, 0.3) is 0 Å². The van der Waals surface area contributed by atoms with Crippen LogP contribution >= 0.6 is 0 Å². The lowest BCUT2D eigenvalue weighted by Gasteiger charge is -2.33. The van der Waals surface area contributed by atoms with Crippen molar-refractivity contribution in [3.05, 3.63) is 58.3 Å². The molecule has 1 amide bonds. The molecule has 32 heavy (non-hydrogen) atoms. The van der Waals surface area contributed by atoms with Crippen molar-refractivity contribution in [1.82, 2.24) is 10.3 Å². The van der Waals surface area contributed by atoms with E-state index in [0.717, 1.165) is 43.7 Å². The number of hydrogen-bond donors (Lipinski definition) is 1. The zero-order valence-electron chi connectivity index (χ0n) is 18.6. The standard InChI is InChI=1S/C25H30F3N3O/c1-16-10-12-31(13-11-16)23-21(8-9-22(30-23)25(26,27)28)15-29-24(32)17(2)19-7-6-18-4-3-5-20(18)14-19/h6-9,14,16-17H,3-5,10-13,15H2,1-2H3,(H,29,32). The number of halogens is 3. The van der Waals surface area contributed by atoms with Crippen LogP contribution in [0, 0.1) is 5.92 Å². The van der Waals surface area contributed by atoms with Crippen LogP contribution in [-0.4, -0.2) is 24.0 Å². The first-order valence-corrected chi connectivity index (χ1v) is 11.4. The quantitative estimate of drug-likeness (QED) is 0.684. The number of hydrogen-bond acceptors (Lipinski definition) is 3. The Kier molecular flexibility index (Phi) is 6.45. The van der Waals surface area contributed by atoms with Gasteiger partial charge >= 0.3 is 6.18 Å². The molecule has 4 rings (SSSR count). The number of amides is 1. The molecule has 1 fully saturated rings. The van der Waals surface area contributed by atoms with Gasteiger partial charge in [0.1, 0.15) is 11.5 Å². The summed E-state index contributed by atoms with van der Waals surface area (Å²) in [6.45, 7) is 5.51. The maximum absolute atomic E-state index is 13.3. The predicted molar refractivity (Wildman–Crippen MR) is 119 cm³/mol. The summed E-state index contributed by atoms with van der Waals surface area (Å²) >= 11 is 0. The van der Waals surface area contributed by atoms with Gasteiger partial charge < -0.3 is 10.2 Å². The second kappa shape index (κ2) is 9.12. The minimum Gasteiger partial charge on any atom is -0.356 e. The second-order valence-electron chi connectivity index (χ2n) is 9.17. The minimum atomic E-state index is -4.50. The molecular weight excluding hydrogens is 415 g/mol. The van der Waals surface area contributed by atoms with Gasteiger partial charge in [-0.2, -0.15) is 13.2 Å². The van der Waals surface area contributed by atoms with Crippen molar-refractivity contribution in [1.29, 1.82) is 0 Å². The molecule has 4 nitrogen and oxygen atoms in total. The van der Waals surface area contributed by atoms with E-state index in [1.165, 1.54) is 17.2 Å². The third kappa shape index (κ3) is 4.92. The monoisotopic (exact) mass is 445 g/mol. The first-order chi connectivity index (χ1) is 15.2. The van der Waals surface area contributed by atoms with Crippen molar-refractivity contribution < 1.29 is 18.0 Å². The summed E-state index contributed by atoms with van der Waals surface area (Å²) in [5.74, 6) is 0.411. The number of alkyl halides is 3. The molecule has 0 radical (unpaired) electrons. The summed E-state index contributed by atoms with van der Waals surface area (Å²) < 4.78 is 39.8.